The Kier molecular flexibility index (Phi) is 9.61. The van der Waals surface area contributed by atoms with Crippen LogP contribution in [0.5, 0.6) is 5.75 Å². The van der Waals surface area contributed by atoms with Crippen LogP contribution in [0.3, 0.4) is 0 Å². The van der Waals surface area contributed by atoms with Gasteiger partial charge in [0.05, 0.1) is 17.8 Å². The smallest absolute Gasteiger partial charge is 0.148 e. The van der Waals surface area contributed by atoms with Crippen LogP contribution in [0.2, 0.25) is 0 Å². The van der Waals surface area contributed by atoms with Gasteiger partial charge in [-0.3, -0.25) is 4.98 Å². The molecule has 37 heavy (non-hydrogen) atoms. The summed E-state index contributed by atoms with van der Waals surface area (Å²) in [5, 5.41) is 7.93. The van der Waals surface area contributed by atoms with Gasteiger partial charge in [0, 0.05) is 66.1 Å². The molecule has 6 heteroatoms. The van der Waals surface area contributed by atoms with E-state index in [4.69, 9.17) is 9.72 Å². The van der Waals surface area contributed by atoms with Crippen LogP contribution >= 0.6 is 0 Å². The first-order valence-corrected chi connectivity index (χ1v) is 12.5. The van der Waals surface area contributed by atoms with Crippen LogP contribution < -0.4 is 15.4 Å². The molecule has 0 fully saturated rings. The maximum atomic E-state index is 13.4. The number of hydrogen-bond donors (Lipinski definition) is 2. The monoisotopic (exact) mass is 500 g/mol. The average Bonchev–Trinajstić information content (AvgIpc) is 3.40. The molecule has 0 radical (unpaired) electrons. The highest BCUT2D eigenvalue weighted by atomic mass is 19.1. The Labute approximate surface area is 219 Å². The molecule has 2 aromatic carbocycles. The minimum absolute atomic E-state index is 0. The molecule has 0 atom stereocenters. The Balaban J connectivity index is 0.00000124. The number of nitrogens with one attached hydrogen (secondary N) is 2. The highest BCUT2D eigenvalue weighted by Gasteiger charge is 2.20. The predicted octanol–water partition coefficient (Wildman–Crippen LogP) is 7.27. The molecule has 2 N–H and O–H groups in total. The molecule has 0 aliphatic carbocycles. The summed E-state index contributed by atoms with van der Waals surface area (Å²) in [6.07, 6.45) is 5.52. The van der Waals surface area contributed by atoms with Crippen LogP contribution in [-0.2, 0) is 12.8 Å². The van der Waals surface area contributed by atoms with Gasteiger partial charge in [-0.15, -0.1) is 0 Å². The number of benzene rings is 2. The van der Waals surface area contributed by atoms with E-state index < -0.39 is 0 Å². The molecular weight excluding hydrogens is 463 g/mol. The number of nitrogens with zero attached hydrogens (tertiary/aromatic N) is 2. The van der Waals surface area contributed by atoms with Crippen LogP contribution in [0, 0.1) is 5.82 Å². The number of fused-ring (bicyclic) bond motifs is 2. The summed E-state index contributed by atoms with van der Waals surface area (Å²) in [5.41, 5.74) is 7.94. The molecule has 1 aliphatic rings. The number of aromatic nitrogens is 2. The second-order valence-electron chi connectivity index (χ2n) is 8.28. The average molecular weight is 501 g/mol. The van der Waals surface area contributed by atoms with E-state index in [1.807, 2.05) is 40.1 Å². The molecule has 0 spiro atoms. The van der Waals surface area contributed by atoms with Crippen molar-refractivity contribution in [3.05, 3.63) is 89.5 Å². The lowest BCUT2D eigenvalue weighted by Crippen LogP contribution is -2.16. The molecule has 2 aromatic heterocycles. The summed E-state index contributed by atoms with van der Waals surface area (Å²) in [6, 6.07) is 16.9. The van der Waals surface area contributed by atoms with E-state index in [-0.39, 0.29) is 13.2 Å². The van der Waals surface area contributed by atoms with Crippen molar-refractivity contribution in [3.8, 4) is 17.0 Å². The van der Waals surface area contributed by atoms with E-state index in [1.165, 1.54) is 12.1 Å². The zero-order chi connectivity index (χ0) is 25.5. The fraction of sp³-hybridized carbons (Fsp3) is 0.290. The predicted molar refractivity (Wildman–Crippen MR) is 154 cm³/mol. The van der Waals surface area contributed by atoms with Crippen molar-refractivity contribution in [2.24, 2.45) is 0 Å². The second kappa shape index (κ2) is 12.9. The SMILES string of the molecule is C.C/C=C(\NCCc1cc2c(c(-c3ccc(F)cc3)n1)OCC2)c1cc(NC)c2ncccc2c1.CC. The zero-order valence-corrected chi connectivity index (χ0v) is 21.4. The van der Waals surface area contributed by atoms with Crippen LogP contribution in [0.15, 0.2) is 66.9 Å². The van der Waals surface area contributed by atoms with Crippen LogP contribution in [0.4, 0.5) is 10.1 Å². The first kappa shape index (κ1) is 27.7. The third-order valence-electron chi connectivity index (χ3n) is 6.11. The Morgan fingerprint density at radius 2 is 1.89 bits per heavy atom. The Morgan fingerprint density at radius 1 is 1.11 bits per heavy atom. The molecule has 0 saturated heterocycles. The van der Waals surface area contributed by atoms with Gasteiger partial charge in [0.15, 0.2) is 0 Å². The summed E-state index contributed by atoms with van der Waals surface area (Å²) < 4.78 is 19.3. The lowest BCUT2D eigenvalue weighted by atomic mass is 10.0. The van der Waals surface area contributed by atoms with Crippen LogP contribution in [0.25, 0.3) is 27.9 Å². The third kappa shape index (κ3) is 6.08. The number of ether oxygens (including phenoxy) is 1. The first-order valence-electron chi connectivity index (χ1n) is 12.5. The molecule has 1 aliphatic heterocycles. The fourth-order valence-corrected chi connectivity index (χ4v) is 4.42. The maximum Gasteiger partial charge on any atom is 0.148 e. The van der Waals surface area contributed by atoms with Gasteiger partial charge < -0.3 is 15.4 Å². The summed E-state index contributed by atoms with van der Waals surface area (Å²) >= 11 is 0. The minimum Gasteiger partial charge on any atom is -0.491 e. The van der Waals surface area contributed by atoms with E-state index in [0.717, 1.165) is 75.5 Å². The molecule has 5 rings (SSSR count). The van der Waals surface area contributed by atoms with Gasteiger partial charge >= 0.3 is 0 Å². The fourth-order valence-electron chi connectivity index (χ4n) is 4.42. The van der Waals surface area contributed by atoms with Gasteiger partial charge in [-0.2, -0.15) is 0 Å². The topological polar surface area (TPSA) is 59.1 Å². The van der Waals surface area contributed by atoms with Crippen molar-refractivity contribution in [2.75, 3.05) is 25.5 Å². The Morgan fingerprint density at radius 3 is 2.62 bits per heavy atom. The lowest BCUT2D eigenvalue weighted by molar-refractivity contribution is 0.357. The summed E-state index contributed by atoms with van der Waals surface area (Å²) in [7, 11) is 1.91. The molecule has 4 aromatic rings. The van der Waals surface area contributed by atoms with Crippen molar-refractivity contribution in [1.29, 1.82) is 0 Å². The number of allylic oxidation sites excluding steroid dienone is 1. The Bertz CT molecular complexity index is 1370. The third-order valence-corrected chi connectivity index (χ3v) is 6.11. The van der Waals surface area contributed by atoms with E-state index in [1.54, 1.807) is 12.1 Å². The second-order valence-corrected chi connectivity index (χ2v) is 8.28. The van der Waals surface area contributed by atoms with Gasteiger partial charge in [0.1, 0.15) is 17.3 Å². The summed E-state index contributed by atoms with van der Waals surface area (Å²) in [4.78, 5) is 9.39. The normalized spacial score (nSPS) is 12.1. The van der Waals surface area contributed by atoms with E-state index in [2.05, 4.69) is 46.0 Å². The van der Waals surface area contributed by atoms with E-state index in [9.17, 15) is 4.39 Å². The van der Waals surface area contributed by atoms with Gasteiger partial charge in [-0.1, -0.05) is 33.4 Å². The quantitative estimate of drug-likeness (QED) is 0.279. The summed E-state index contributed by atoms with van der Waals surface area (Å²) in [6.45, 7) is 7.42. The van der Waals surface area contributed by atoms with Crippen molar-refractivity contribution < 1.29 is 9.13 Å². The number of anilines is 1. The van der Waals surface area contributed by atoms with Crippen molar-refractivity contribution in [3.63, 3.8) is 0 Å². The highest BCUT2D eigenvalue weighted by molar-refractivity contribution is 5.93. The molecule has 194 valence electrons. The number of halogens is 1. The van der Waals surface area contributed by atoms with Gasteiger partial charge in [-0.25, -0.2) is 9.37 Å². The maximum absolute atomic E-state index is 13.4. The molecule has 0 saturated carbocycles. The zero-order valence-electron chi connectivity index (χ0n) is 21.4. The standard InChI is InChI=1S/C28H27FN4O.C2H6.CH4/c1-3-24(21-15-19-5-4-12-32-26(19)25(17-21)30-2)31-13-10-23-16-20-11-14-34-28(20)27(33-23)18-6-8-22(29)9-7-18;1-2;/h3-9,12,15-17,30-31H,10-11,13-14H2,1-2H3;1-2H3;1H4/b24-3-;;. The summed E-state index contributed by atoms with van der Waals surface area (Å²) in [5.74, 6) is 0.563. The number of rotatable bonds is 7. The van der Waals surface area contributed by atoms with Gasteiger partial charge in [0.25, 0.3) is 0 Å². The largest absolute Gasteiger partial charge is 0.491 e. The molecule has 0 amide bonds. The van der Waals surface area contributed by atoms with Crippen molar-refractivity contribution >= 4 is 22.3 Å². The van der Waals surface area contributed by atoms with Gasteiger partial charge in [-0.05, 0) is 55.5 Å². The molecule has 5 nitrogen and oxygen atoms in total. The lowest BCUT2D eigenvalue weighted by Gasteiger charge is -2.15. The molecular formula is C31H37FN4O. The minimum atomic E-state index is -0.258. The van der Waals surface area contributed by atoms with Crippen molar-refractivity contribution in [2.45, 2.75) is 41.0 Å². The number of hydrogen-bond acceptors (Lipinski definition) is 5. The van der Waals surface area contributed by atoms with Crippen LogP contribution in [-0.4, -0.2) is 30.2 Å². The number of pyridine rings is 2. The first-order chi connectivity index (χ1) is 17.7. The van der Waals surface area contributed by atoms with E-state index >= 15 is 0 Å². The van der Waals surface area contributed by atoms with Gasteiger partial charge in [0.2, 0.25) is 0 Å². The van der Waals surface area contributed by atoms with Crippen LogP contribution in [0.1, 0.15) is 45.0 Å². The molecule has 0 unspecified atom stereocenters. The van der Waals surface area contributed by atoms with E-state index in [0.29, 0.717) is 6.61 Å². The molecule has 0 bridgehead atoms. The van der Waals surface area contributed by atoms with Crippen molar-refractivity contribution in [1.82, 2.24) is 15.3 Å². The molecule has 3 heterocycles. The Hall–Kier alpha value is -3.93. The highest BCUT2D eigenvalue weighted by Crippen LogP contribution is 2.36.